The summed E-state index contributed by atoms with van der Waals surface area (Å²) in [6.07, 6.45) is 5.31. The average molecular weight is 290 g/mol. The first-order valence-corrected chi connectivity index (χ1v) is 8.14. The molecule has 0 spiro atoms. The van der Waals surface area contributed by atoms with Gasteiger partial charge in [0.15, 0.2) is 0 Å². The van der Waals surface area contributed by atoms with Crippen LogP contribution >= 0.6 is 0 Å². The lowest BCUT2D eigenvalue weighted by Gasteiger charge is -2.25. The Morgan fingerprint density at radius 1 is 1.05 bits per heavy atom. The van der Waals surface area contributed by atoms with Gasteiger partial charge in [-0.1, -0.05) is 55.3 Å². The second kappa shape index (κ2) is 7.24. The normalized spacial score (nSPS) is 16.3. The van der Waals surface area contributed by atoms with Crippen molar-refractivity contribution in [1.82, 2.24) is 5.32 Å². The molecule has 3 rings (SSSR count). The van der Waals surface area contributed by atoms with Gasteiger partial charge in [-0.15, -0.1) is 0 Å². The van der Waals surface area contributed by atoms with Crippen molar-refractivity contribution in [3.05, 3.63) is 71.3 Å². The molecular weight excluding hydrogens is 268 g/mol. The third-order valence-electron chi connectivity index (χ3n) is 4.61. The van der Waals surface area contributed by atoms with Crippen molar-refractivity contribution in [2.45, 2.75) is 38.3 Å². The first kappa shape index (κ1) is 14.8. The minimum atomic E-state index is 0.412. The van der Waals surface area contributed by atoms with E-state index < -0.39 is 0 Å². The van der Waals surface area contributed by atoms with Crippen LogP contribution in [-0.2, 0) is 6.54 Å². The summed E-state index contributed by atoms with van der Waals surface area (Å²) in [5, 5.41) is 12.8. The van der Waals surface area contributed by atoms with E-state index in [2.05, 4.69) is 47.8 Å². The molecule has 1 aliphatic rings. The smallest absolute Gasteiger partial charge is 0.0991 e. The fourth-order valence-corrected chi connectivity index (χ4v) is 3.49. The van der Waals surface area contributed by atoms with Crippen LogP contribution in [0.15, 0.2) is 54.6 Å². The summed E-state index contributed by atoms with van der Waals surface area (Å²) in [5.74, 6) is 0.724. The van der Waals surface area contributed by atoms with Gasteiger partial charge in [-0.25, -0.2) is 0 Å². The van der Waals surface area contributed by atoms with E-state index in [1.54, 1.807) is 0 Å². The highest BCUT2D eigenvalue weighted by Gasteiger charge is 2.25. The van der Waals surface area contributed by atoms with Gasteiger partial charge >= 0.3 is 0 Å². The lowest BCUT2D eigenvalue weighted by atomic mass is 9.91. The van der Waals surface area contributed by atoms with Crippen molar-refractivity contribution < 1.29 is 0 Å². The van der Waals surface area contributed by atoms with Gasteiger partial charge < -0.3 is 5.32 Å². The van der Waals surface area contributed by atoms with Gasteiger partial charge in [0, 0.05) is 12.6 Å². The summed E-state index contributed by atoms with van der Waals surface area (Å²) in [6.45, 7) is 0.811. The molecule has 2 aromatic rings. The van der Waals surface area contributed by atoms with E-state index in [-0.39, 0.29) is 0 Å². The Hall–Kier alpha value is -2.11. The van der Waals surface area contributed by atoms with Gasteiger partial charge in [0.25, 0.3) is 0 Å². The zero-order chi connectivity index (χ0) is 15.2. The predicted molar refractivity (Wildman–Crippen MR) is 89.1 cm³/mol. The fraction of sp³-hybridized carbons (Fsp3) is 0.350. The lowest BCUT2D eigenvalue weighted by Crippen LogP contribution is -2.26. The summed E-state index contributed by atoms with van der Waals surface area (Å²) < 4.78 is 0. The number of nitrogens with one attached hydrogen (secondary N) is 1. The van der Waals surface area contributed by atoms with Crippen LogP contribution in [0.2, 0.25) is 0 Å². The summed E-state index contributed by atoms with van der Waals surface area (Å²) in [6, 6.07) is 21.3. The van der Waals surface area contributed by atoms with E-state index in [4.69, 9.17) is 5.26 Å². The minimum Gasteiger partial charge on any atom is -0.306 e. The van der Waals surface area contributed by atoms with Gasteiger partial charge in [0.2, 0.25) is 0 Å². The highest BCUT2D eigenvalue weighted by molar-refractivity contribution is 5.32. The van der Waals surface area contributed by atoms with Crippen LogP contribution in [0.3, 0.4) is 0 Å². The molecule has 1 N–H and O–H groups in total. The maximum absolute atomic E-state index is 9.02. The molecule has 1 unspecified atom stereocenters. The van der Waals surface area contributed by atoms with Gasteiger partial charge in [0.1, 0.15) is 0 Å². The van der Waals surface area contributed by atoms with Gasteiger partial charge in [0.05, 0.1) is 11.6 Å². The molecule has 2 nitrogen and oxygen atoms in total. The molecule has 2 aromatic carbocycles. The van der Waals surface area contributed by atoms with Gasteiger partial charge in [-0.3, -0.25) is 0 Å². The van der Waals surface area contributed by atoms with E-state index in [1.165, 1.54) is 36.8 Å². The van der Waals surface area contributed by atoms with E-state index in [0.29, 0.717) is 6.04 Å². The van der Waals surface area contributed by atoms with Crippen molar-refractivity contribution in [3.63, 3.8) is 0 Å². The third-order valence-corrected chi connectivity index (χ3v) is 4.61. The van der Waals surface area contributed by atoms with Gasteiger partial charge in [-0.2, -0.15) is 5.26 Å². The molecule has 0 amide bonds. The zero-order valence-electron chi connectivity index (χ0n) is 12.8. The molecule has 0 heterocycles. The number of nitriles is 1. The standard InChI is InChI=1S/C20H22N2/c21-14-16-7-6-8-17(13-16)15-22-20(19-11-4-5-12-19)18-9-2-1-3-10-18/h1-3,6-10,13,19-20,22H,4-5,11-12,15H2. The number of hydrogen-bond acceptors (Lipinski definition) is 2. The maximum Gasteiger partial charge on any atom is 0.0991 e. The predicted octanol–water partition coefficient (Wildman–Crippen LogP) is 4.58. The quantitative estimate of drug-likeness (QED) is 0.875. The molecule has 22 heavy (non-hydrogen) atoms. The Labute approximate surface area is 132 Å². The summed E-state index contributed by atoms with van der Waals surface area (Å²) in [7, 11) is 0. The molecule has 1 atom stereocenters. The molecule has 0 bridgehead atoms. The Bertz CT molecular complexity index is 636. The van der Waals surface area contributed by atoms with Crippen LogP contribution in [0.4, 0.5) is 0 Å². The van der Waals surface area contributed by atoms with Crippen molar-refractivity contribution in [3.8, 4) is 6.07 Å². The molecule has 1 fully saturated rings. The fourth-order valence-electron chi connectivity index (χ4n) is 3.49. The molecule has 112 valence electrons. The third kappa shape index (κ3) is 3.55. The number of rotatable bonds is 5. The Morgan fingerprint density at radius 2 is 1.82 bits per heavy atom. The SMILES string of the molecule is N#Cc1cccc(CNC(c2ccccc2)C2CCCC2)c1. The summed E-state index contributed by atoms with van der Waals surface area (Å²) in [5.41, 5.74) is 3.29. The van der Waals surface area contributed by atoms with Crippen molar-refractivity contribution in [2.75, 3.05) is 0 Å². The van der Waals surface area contributed by atoms with Crippen LogP contribution in [0.25, 0.3) is 0 Å². The molecule has 0 aromatic heterocycles. The lowest BCUT2D eigenvalue weighted by molar-refractivity contribution is 0.366. The minimum absolute atomic E-state index is 0.412. The van der Waals surface area contributed by atoms with Crippen LogP contribution in [0, 0.1) is 17.2 Å². The largest absolute Gasteiger partial charge is 0.306 e. The maximum atomic E-state index is 9.02. The summed E-state index contributed by atoms with van der Waals surface area (Å²) in [4.78, 5) is 0. The number of hydrogen-bond donors (Lipinski definition) is 1. The van der Waals surface area contributed by atoms with Crippen LogP contribution in [-0.4, -0.2) is 0 Å². The van der Waals surface area contributed by atoms with Crippen molar-refractivity contribution in [2.24, 2.45) is 5.92 Å². The zero-order valence-corrected chi connectivity index (χ0v) is 12.8. The molecule has 2 heteroatoms. The monoisotopic (exact) mass is 290 g/mol. The van der Waals surface area contributed by atoms with E-state index in [1.807, 2.05) is 18.2 Å². The Balaban J connectivity index is 1.74. The van der Waals surface area contributed by atoms with Gasteiger partial charge in [-0.05, 0) is 42.0 Å². The second-order valence-corrected chi connectivity index (χ2v) is 6.13. The highest BCUT2D eigenvalue weighted by atomic mass is 14.9. The van der Waals surface area contributed by atoms with Crippen LogP contribution in [0.1, 0.15) is 48.4 Å². The van der Waals surface area contributed by atoms with Crippen LogP contribution in [0.5, 0.6) is 0 Å². The number of nitrogens with zero attached hydrogens (tertiary/aromatic N) is 1. The van der Waals surface area contributed by atoms with Crippen molar-refractivity contribution in [1.29, 1.82) is 5.26 Å². The first-order chi connectivity index (χ1) is 10.9. The molecule has 0 radical (unpaired) electrons. The van der Waals surface area contributed by atoms with E-state index in [9.17, 15) is 0 Å². The topological polar surface area (TPSA) is 35.8 Å². The molecule has 1 aliphatic carbocycles. The molecular formula is C20H22N2. The highest BCUT2D eigenvalue weighted by Crippen LogP contribution is 2.35. The van der Waals surface area contributed by atoms with E-state index in [0.717, 1.165) is 18.0 Å². The van der Waals surface area contributed by atoms with Crippen LogP contribution < -0.4 is 5.32 Å². The molecule has 0 aliphatic heterocycles. The molecule has 0 saturated heterocycles. The average Bonchev–Trinajstić information content (AvgIpc) is 3.10. The first-order valence-electron chi connectivity index (χ1n) is 8.14. The van der Waals surface area contributed by atoms with Crippen molar-refractivity contribution >= 4 is 0 Å². The second-order valence-electron chi connectivity index (χ2n) is 6.13. The Kier molecular flexibility index (Phi) is 4.88. The number of benzene rings is 2. The van der Waals surface area contributed by atoms with E-state index >= 15 is 0 Å². The summed E-state index contributed by atoms with van der Waals surface area (Å²) >= 11 is 0. The Morgan fingerprint density at radius 3 is 2.55 bits per heavy atom. The molecule has 1 saturated carbocycles.